The summed E-state index contributed by atoms with van der Waals surface area (Å²) >= 11 is 0. The van der Waals surface area contributed by atoms with Crippen LogP contribution in [-0.4, -0.2) is 30.3 Å². The van der Waals surface area contributed by atoms with E-state index < -0.39 is 11.9 Å². The van der Waals surface area contributed by atoms with Crippen molar-refractivity contribution in [1.82, 2.24) is 0 Å². The van der Waals surface area contributed by atoms with Gasteiger partial charge in [0.25, 0.3) is 0 Å². The van der Waals surface area contributed by atoms with Gasteiger partial charge in [0.15, 0.2) is 0 Å². The van der Waals surface area contributed by atoms with E-state index in [0.29, 0.717) is 5.56 Å². The second-order valence-corrected chi connectivity index (χ2v) is 6.11. The van der Waals surface area contributed by atoms with Gasteiger partial charge in [0.1, 0.15) is 16.9 Å². The van der Waals surface area contributed by atoms with Gasteiger partial charge in [-0.1, -0.05) is 0 Å². The molecule has 3 rings (SSSR count). The summed E-state index contributed by atoms with van der Waals surface area (Å²) < 4.78 is 15.7. The molecule has 7 heteroatoms. The van der Waals surface area contributed by atoms with Gasteiger partial charge in [0, 0.05) is 12.0 Å². The zero-order valence-corrected chi connectivity index (χ0v) is 15.6. The molecule has 0 aliphatic rings. The lowest BCUT2D eigenvalue weighted by atomic mass is 10.0. The maximum absolute atomic E-state index is 12.9. The van der Waals surface area contributed by atoms with Crippen molar-refractivity contribution >= 4 is 33.9 Å². The molecule has 3 aromatic rings. The molecule has 1 heterocycles. The van der Waals surface area contributed by atoms with E-state index in [1.54, 1.807) is 13.8 Å². The third-order valence-electron chi connectivity index (χ3n) is 4.31. The van der Waals surface area contributed by atoms with Crippen LogP contribution in [0.25, 0.3) is 21.9 Å². The molecule has 146 valence electrons. The fourth-order valence-corrected chi connectivity index (χ4v) is 3.01. The Morgan fingerprint density at radius 3 is 2.50 bits per heavy atom. The number of phenolic OH excluding ortho intramolecular Hbond substituents is 1. The van der Waals surface area contributed by atoms with E-state index >= 15 is 0 Å². The van der Waals surface area contributed by atoms with Crippen molar-refractivity contribution in [3.63, 3.8) is 0 Å². The van der Waals surface area contributed by atoms with E-state index in [1.807, 2.05) is 0 Å². The van der Waals surface area contributed by atoms with Crippen molar-refractivity contribution in [3.8, 4) is 5.75 Å². The van der Waals surface area contributed by atoms with Crippen molar-refractivity contribution < 1.29 is 28.6 Å². The number of aryl methyl sites for hydroxylation is 1. The molecule has 0 bridgehead atoms. The average Bonchev–Trinajstić information content (AvgIpc) is 2.67. The number of fused-ring (bicyclic) bond motifs is 2. The summed E-state index contributed by atoms with van der Waals surface area (Å²) in [5.41, 5.74) is 0.764. The SMILES string of the molecule is CCOC(=O)CCc1c(O)ccc2c(=O)c3cc(C(=O)OCC)ccc3oc12. The third kappa shape index (κ3) is 3.69. The third-order valence-corrected chi connectivity index (χ3v) is 4.31. The quantitative estimate of drug-likeness (QED) is 0.513. The van der Waals surface area contributed by atoms with Gasteiger partial charge in [-0.3, -0.25) is 9.59 Å². The number of hydrogen-bond acceptors (Lipinski definition) is 7. The largest absolute Gasteiger partial charge is 0.508 e. The molecule has 0 saturated carbocycles. The van der Waals surface area contributed by atoms with Crippen LogP contribution >= 0.6 is 0 Å². The summed E-state index contributed by atoms with van der Waals surface area (Å²) in [7, 11) is 0. The molecule has 7 nitrogen and oxygen atoms in total. The second kappa shape index (κ2) is 8.12. The number of benzene rings is 2. The monoisotopic (exact) mass is 384 g/mol. The summed E-state index contributed by atoms with van der Waals surface area (Å²) in [6.07, 6.45) is 0.210. The molecule has 0 unspecified atom stereocenters. The first-order chi connectivity index (χ1) is 13.5. The van der Waals surface area contributed by atoms with E-state index in [-0.39, 0.29) is 64.7 Å². The van der Waals surface area contributed by atoms with Crippen LogP contribution in [0.5, 0.6) is 5.75 Å². The van der Waals surface area contributed by atoms with E-state index in [9.17, 15) is 19.5 Å². The summed E-state index contributed by atoms with van der Waals surface area (Å²) in [4.78, 5) is 36.5. The molecule has 0 fully saturated rings. The van der Waals surface area contributed by atoms with Gasteiger partial charge in [0.2, 0.25) is 5.43 Å². The van der Waals surface area contributed by atoms with Gasteiger partial charge < -0.3 is 19.0 Å². The van der Waals surface area contributed by atoms with Crippen molar-refractivity contribution in [3.05, 3.63) is 51.7 Å². The summed E-state index contributed by atoms with van der Waals surface area (Å²) in [5.74, 6) is -0.992. The zero-order valence-electron chi connectivity index (χ0n) is 15.6. The molecule has 0 amide bonds. The topological polar surface area (TPSA) is 103 Å². The van der Waals surface area contributed by atoms with Crippen molar-refractivity contribution in [1.29, 1.82) is 0 Å². The van der Waals surface area contributed by atoms with Crippen molar-refractivity contribution in [2.45, 2.75) is 26.7 Å². The number of hydrogen-bond donors (Lipinski definition) is 1. The first-order valence-electron chi connectivity index (χ1n) is 9.00. The lowest BCUT2D eigenvalue weighted by Crippen LogP contribution is -2.09. The van der Waals surface area contributed by atoms with Crippen LogP contribution < -0.4 is 5.43 Å². The number of rotatable bonds is 6. The molecule has 0 spiro atoms. The first-order valence-corrected chi connectivity index (χ1v) is 9.00. The van der Waals surface area contributed by atoms with Gasteiger partial charge in [-0.05, 0) is 50.6 Å². The Kier molecular flexibility index (Phi) is 5.63. The Balaban J connectivity index is 2.12. The molecule has 1 aromatic heterocycles. The lowest BCUT2D eigenvalue weighted by Gasteiger charge is -2.10. The molecular formula is C21H20O7. The molecule has 0 aliphatic carbocycles. The first kappa shape index (κ1) is 19.4. The Morgan fingerprint density at radius 1 is 1.04 bits per heavy atom. The number of ether oxygens (including phenoxy) is 2. The minimum atomic E-state index is -0.523. The van der Waals surface area contributed by atoms with Crippen LogP contribution in [0.4, 0.5) is 0 Å². The van der Waals surface area contributed by atoms with E-state index in [1.165, 1.54) is 30.3 Å². The van der Waals surface area contributed by atoms with Gasteiger partial charge in [-0.2, -0.15) is 0 Å². The van der Waals surface area contributed by atoms with Crippen LogP contribution in [-0.2, 0) is 20.7 Å². The highest BCUT2D eigenvalue weighted by Gasteiger charge is 2.17. The van der Waals surface area contributed by atoms with Gasteiger partial charge in [0.05, 0.1) is 29.5 Å². The highest BCUT2D eigenvalue weighted by molar-refractivity contribution is 5.97. The maximum Gasteiger partial charge on any atom is 0.338 e. The number of aromatic hydroxyl groups is 1. The highest BCUT2D eigenvalue weighted by Crippen LogP contribution is 2.29. The molecular weight excluding hydrogens is 364 g/mol. The van der Waals surface area contributed by atoms with Crippen molar-refractivity contribution in [2.24, 2.45) is 0 Å². The van der Waals surface area contributed by atoms with Crippen LogP contribution in [0, 0.1) is 0 Å². The number of carbonyl (C=O) groups is 2. The smallest absolute Gasteiger partial charge is 0.338 e. The second-order valence-electron chi connectivity index (χ2n) is 6.11. The normalized spacial score (nSPS) is 10.9. The Bertz CT molecular complexity index is 1110. The summed E-state index contributed by atoms with van der Waals surface area (Å²) in [6, 6.07) is 7.31. The molecule has 2 aromatic carbocycles. The van der Waals surface area contributed by atoms with E-state index in [2.05, 4.69) is 0 Å². The molecule has 28 heavy (non-hydrogen) atoms. The number of esters is 2. The fraction of sp³-hybridized carbons (Fsp3) is 0.286. The Labute approximate surface area is 160 Å². The lowest BCUT2D eigenvalue weighted by molar-refractivity contribution is -0.143. The fourth-order valence-electron chi connectivity index (χ4n) is 3.01. The minimum Gasteiger partial charge on any atom is -0.508 e. The Morgan fingerprint density at radius 2 is 1.79 bits per heavy atom. The van der Waals surface area contributed by atoms with E-state index in [0.717, 1.165) is 0 Å². The predicted octanol–water partition coefficient (Wildman–Crippen LogP) is 3.32. The van der Waals surface area contributed by atoms with Gasteiger partial charge in [-0.25, -0.2) is 4.79 Å². The standard InChI is InChI=1S/C21H20O7/c1-3-26-18(23)10-7-13-16(22)8-6-14-19(24)15-11-12(21(25)27-4-2)5-9-17(15)28-20(13)14/h5-6,8-9,11,22H,3-4,7,10H2,1-2H3. The molecule has 0 aliphatic heterocycles. The number of carbonyl (C=O) groups excluding carboxylic acids is 2. The Hall–Kier alpha value is -3.35. The van der Waals surface area contributed by atoms with Gasteiger partial charge >= 0.3 is 11.9 Å². The zero-order chi connectivity index (χ0) is 20.3. The summed E-state index contributed by atoms with van der Waals surface area (Å²) in [6.45, 7) is 3.91. The average molecular weight is 384 g/mol. The molecule has 0 radical (unpaired) electrons. The highest BCUT2D eigenvalue weighted by atomic mass is 16.5. The minimum absolute atomic E-state index is 0.0457. The predicted molar refractivity (Wildman–Crippen MR) is 103 cm³/mol. The molecule has 0 atom stereocenters. The molecule has 0 saturated heterocycles. The van der Waals surface area contributed by atoms with E-state index in [4.69, 9.17) is 13.9 Å². The molecule has 1 N–H and O–H groups in total. The van der Waals surface area contributed by atoms with Crippen LogP contribution in [0.15, 0.2) is 39.5 Å². The number of phenols is 1. The van der Waals surface area contributed by atoms with Crippen LogP contribution in [0.1, 0.15) is 36.2 Å². The van der Waals surface area contributed by atoms with Gasteiger partial charge in [-0.15, -0.1) is 0 Å². The van der Waals surface area contributed by atoms with Crippen molar-refractivity contribution in [2.75, 3.05) is 13.2 Å². The van der Waals surface area contributed by atoms with Crippen LogP contribution in [0.2, 0.25) is 0 Å². The van der Waals surface area contributed by atoms with Crippen LogP contribution in [0.3, 0.4) is 0 Å². The maximum atomic E-state index is 12.9. The summed E-state index contributed by atoms with van der Waals surface area (Å²) in [5, 5.41) is 10.7.